The Morgan fingerprint density at radius 2 is 1.88 bits per heavy atom. The number of thioether (sulfide) groups is 1. The first kappa shape index (κ1) is 18.0. The van der Waals surface area contributed by atoms with Crippen LogP contribution >= 0.6 is 11.8 Å². The molecule has 1 aliphatic rings. The van der Waals surface area contributed by atoms with E-state index in [1.165, 1.54) is 11.8 Å². The molecule has 1 fully saturated rings. The molecule has 0 aromatic heterocycles. The Kier molecular flexibility index (Phi) is 5.92. The highest BCUT2D eigenvalue weighted by Gasteiger charge is 2.23. The molecule has 1 saturated heterocycles. The molecule has 0 atom stereocenters. The molecule has 1 N–H and O–H groups in total. The van der Waals surface area contributed by atoms with Crippen LogP contribution in [0.15, 0.2) is 76.1 Å². The van der Waals surface area contributed by atoms with Crippen molar-refractivity contribution in [3.8, 4) is 5.75 Å². The van der Waals surface area contributed by atoms with Gasteiger partial charge in [0.1, 0.15) is 5.75 Å². The summed E-state index contributed by atoms with van der Waals surface area (Å²) in [7, 11) is 0. The number of carbonyl (C=O) groups is 1. The summed E-state index contributed by atoms with van der Waals surface area (Å²) in [5, 5.41) is 3.39. The fourth-order valence-corrected chi connectivity index (χ4v) is 3.33. The molecular formula is C21H20N2O2S. The van der Waals surface area contributed by atoms with Crippen molar-refractivity contribution in [2.75, 3.05) is 6.61 Å². The molecule has 0 bridgehead atoms. The van der Waals surface area contributed by atoms with Crippen LogP contribution in [0, 0.1) is 0 Å². The minimum absolute atomic E-state index is 0.125. The van der Waals surface area contributed by atoms with E-state index < -0.39 is 0 Å². The molecule has 3 rings (SSSR count). The first-order chi connectivity index (χ1) is 12.6. The molecule has 26 heavy (non-hydrogen) atoms. The van der Waals surface area contributed by atoms with Crippen LogP contribution in [0.4, 0.5) is 5.69 Å². The molecule has 0 aliphatic carbocycles. The predicted octanol–water partition coefficient (Wildman–Crippen LogP) is 4.92. The van der Waals surface area contributed by atoms with Crippen molar-refractivity contribution in [1.82, 2.24) is 5.32 Å². The van der Waals surface area contributed by atoms with Gasteiger partial charge in [0.05, 0.1) is 17.2 Å². The number of ether oxygens (including phenoxy) is 1. The van der Waals surface area contributed by atoms with Crippen LogP contribution in [0.5, 0.6) is 5.75 Å². The molecule has 1 amide bonds. The van der Waals surface area contributed by atoms with Gasteiger partial charge in [-0.1, -0.05) is 36.4 Å². The number of nitrogens with one attached hydrogen (secondary N) is 1. The Balaban J connectivity index is 1.72. The number of hydrogen-bond acceptors (Lipinski definition) is 4. The van der Waals surface area contributed by atoms with E-state index in [0.29, 0.717) is 16.7 Å². The number of rotatable bonds is 5. The van der Waals surface area contributed by atoms with Gasteiger partial charge < -0.3 is 10.1 Å². The van der Waals surface area contributed by atoms with Crippen molar-refractivity contribution < 1.29 is 9.53 Å². The highest BCUT2D eigenvalue weighted by molar-refractivity contribution is 8.18. The molecule has 1 heterocycles. The summed E-state index contributed by atoms with van der Waals surface area (Å²) in [5.74, 6) is 0.683. The predicted molar refractivity (Wildman–Crippen MR) is 109 cm³/mol. The zero-order valence-corrected chi connectivity index (χ0v) is 15.5. The van der Waals surface area contributed by atoms with E-state index in [4.69, 9.17) is 4.74 Å². The van der Waals surface area contributed by atoms with Crippen molar-refractivity contribution in [2.45, 2.75) is 13.8 Å². The van der Waals surface area contributed by atoms with E-state index in [-0.39, 0.29) is 5.91 Å². The quantitative estimate of drug-likeness (QED) is 0.766. The van der Waals surface area contributed by atoms with Crippen LogP contribution < -0.4 is 10.1 Å². The van der Waals surface area contributed by atoms with Gasteiger partial charge in [-0.15, -0.1) is 0 Å². The fraction of sp³-hybridized carbons (Fsp3) is 0.143. The summed E-state index contributed by atoms with van der Waals surface area (Å²) >= 11 is 1.35. The molecular weight excluding hydrogens is 344 g/mol. The molecule has 5 heteroatoms. The maximum atomic E-state index is 12.2. The number of amidine groups is 1. The van der Waals surface area contributed by atoms with Crippen molar-refractivity contribution in [3.63, 3.8) is 0 Å². The third-order valence-electron chi connectivity index (χ3n) is 3.58. The van der Waals surface area contributed by atoms with Crippen LogP contribution in [-0.2, 0) is 4.79 Å². The first-order valence-electron chi connectivity index (χ1n) is 8.40. The Morgan fingerprint density at radius 1 is 1.15 bits per heavy atom. The van der Waals surface area contributed by atoms with Crippen LogP contribution in [-0.4, -0.2) is 17.7 Å². The molecule has 2 aromatic rings. The molecule has 0 unspecified atom stereocenters. The highest BCUT2D eigenvalue weighted by atomic mass is 32.2. The van der Waals surface area contributed by atoms with Gasteiger partial charge in [0.15, 0.2) is 5.17 Å². The Bertz CT molecular complexity index is 869. The van der Waals surface area contributed by atoms with Gasteiger partial charge in [-0.2, -0.15) is 0 Å². The molecule has 4 nitrogen and oxygen atoms in total. The topological polar surface area (TPSA) is 50.7 Å². The van der Waals surface area contributed by atoms with Gasteiger partial charge in [-0.05, 0) is 67.1 Å². The first-order valence-corrected chi connectivity index (χ1v) is 9.21. The number of allylic oxidation sites excluding steroid dienone is 2. The average Bonchev–Trinajstić information content (AvgIpc) is 2.96. The lowest BCUT2D eigenvalue weighted by atomic mass is 10.1. The normalized spacial score (nSPS) is 17.6. The van der Waals surface area contributed by atoms with Gasteiger partial charge in [-0.3, -0.25) is 4.79 Å². The summed E-state index contributed by atoms with van der Waals surface area (Å²) in [6.07, 6.45) is 3.93. The summed E-state index contributed by atoms with van der Waals surface area (Å²) in [6.45, 7) is 4.56. The molecule has 132 valence electrons. The Labute approximate surface area is 157 Å². The molecule has 1 aliphatic heterocycles. The lowest BCUT2D eigenvalue weighted by molar-refractivity contribution is -0.115. The molecule has 0 radical (unpaired) electrons. The molecule has 0 saturated carbocycles. The monoisotopic (exact) mass is 364 g/mol. The van der Waals surface area contributed by atoms with Gasteiger partial charge >= 0.3 is 0 Å². The minimum Gasteiger partial charge on any atom is -0.494 e. The maximum Gasteiger partial charge on any atom is 0.264 e. The number of amides is 1. The highest BCUT2D eigenvalue weighted by Crippen LogP contribution is 2.28. The van der Waals surface area contributed by atoms with Gasteiger partial charge in [0.25, 0.3) is 5.91 Å². The van der Waals surface area contributed by atoms with E-state index in [2.05, 4.69) is 10.3 Å². The third kappa shape index (κ3) is 4.86. The van der Waals surface area contributed by atoms with Crippen molar-refractivity contribution in [1.29, 1.82) is 0 Å². The Hall–Kier alpha value is -2.79. The maximum absolute atomic E-state index is 12.2. The summed E-state index contributed by atoms with van der Waals surface area (Å²) in [6, 6.07) is 17.5. The second kappa shape index (κ2) is 8.54. The van der Waals surface area contributed by atoms with Gasteiger partial charge in [0, 0.05) is 0 Å². The van der Waals surface area contributed by atoms with Crippen molar-refractivity contribution in [3.05, 3.63) is 76.7 Å². The number of aliphatic imine (C=N–C) groups is 1. The average molecular weight is 364 g/mol. The number of benzene rings is 2. The Morgan fingerprint density at radius 3 is 2.58 bits per heavy atom. The number of carbonyl (C=O) groups excluding carboxylic acids is 1. The third-order valence-corrected chi connectivity index (χ3v) is 4.49. The van der Waals surface area contributed by atoms with E-state index in [9.17, 15) is 4.79 Å². The van der Waals surface area contributed by atoms with E-state index in [1.807, 2.05) is 80.6 Å². The summed E-state index contributed by atoms with van der Waals surface area (Å²) < 4.78 is 5.42. The lowest BCUT2D eigenvalue weighted by Crippen LogP contribution is -2.19. The molecule has 2 aromatic carbocycles. The second-order valence-corrected chi connectivity index (χ2v) is 6.74. The van der Waals surface area contributed by atoms with Crippen LogP contribution in [0.2, 0.25) is 0 Å². The van der Waals surface area contributed by atoms with Crippen LogP contribution in [0.25, 0.3) is 6.08 Å². The smallest absolute Gasteiger partial charge is 0.264 e. The minimum atomic E-state index is -0.125. The molecule has 0 spiro atoms. The zero-order chi connectivity index (χ0) is 18.4. The standard InChI is InChI=1S/C21H20N2O2S/c1-3-25-18-11-9-17(10-12-18)22-21-23-20(24)19(26-21)14-15(2)13-16-7-5-4-6-8-16/h4-14H,3H2,1-2H3,(H,22,23,24)/b15-13+,19-14-. The largest absolute Gasteiger partial charge is 0.494 e. The zero-order valence-electron chi connectivity index (χ0n) is 14.7. The summed E-state index contributed by atoms with van der Waals surface area (Å²) in [5.41, 5.74) is 2.89. The van der Waals surface area contributed by atoms with E-state index >= 15 is 0 Å². The SMILES string of the molecule is CCOc1ccc(N=C2NC(=O)/C(=C/C(C)=C/c3ccccc3)S2)cc1. The second-order valence-electron chi connectivity index (χ2n) is 5.71. The van der Waals surface area contributed by atoms with E-state index in [0.717, 1.165) is 22.6 Å². The van der Waals surface area contributed by atoms with Crippen LogP contribution in [0.1, 0.15) is 19.4 Å². The number of hydrogen-bond donors (Lipinski definition) is 1. The van der Waals surface area contributed by atoms with Crippen LogP contribution in [0.3, 0.4) is 0 Å². The van der Waals surface area contributed by atoms with Crippen molar-refractivity contribution in [2.24, 2.45) is 4.99 Å². The fourth-order valence-electron chi connectivity index (χ4n) is 2.44. The van der Waals surface area contributed by atoms with Gasteiger partial charge in [-0.25, -0.2) is 4.99 Å². The van der Waals surface area contributed by atoms with Crippen molar-refractivity contribution >= 4 is 34.6 Å². The van der Waals surface area contributed by atoms with Gasteiger partial charge in [0.2, 0.25) is 0 Å². The number of nitrogens with zero attached hydrogens (tertiary/aromatic N) is 1. The van der Waals surface area contributed by atoms with E-state index in [1.54, 1.807) is 0 Å². The summed E-state index contributed by atoms with van der Waals surface area (Å²) in [4.78, 5) is 17.3. The lowest BCUT2D eigenvalue weighted by Gasteiger charge is -2.02.